The third kappa shape index (κ3) is 4.25. The van der Waals surface area contributed by atoms with Gasteiger partial charge in [-0.05, 0) is 41.6 Å². The van der Waals surface area contributed by atoms with Crippen molar-refractivity contribution in [1.82, 2.24) is 25.5 Å². The number of nitrogens with zero attached hydrogens (tertiary/aromatic N) is 4. The van der Waals surface area contributed by atoms with Crippen LogP contribution >= 0.6 is 0 Å². The highest BCUT2D eigenvalue weighted by Gasteiger charge is 2.13. The number of methoxy groups -OCH3 is 1. The van der Waals surface area contributed by atoms with E-state index in [9.17, 15) is 4.79 Å². The highest BCUT2D eigenvalue weighted by Crippen LogP contribution is 2.15. The van der Waals surface area contributed by atoms with Crippen molar-refractivity contribution in [2.45, 2.75) is 13.0 Å². The lowest BCUT2D eigenvalue weighted by molar-refractivity contribution is -0.127. The fourth-order valence-corrected chi connectivity index (χ4v) is 1.63. The van der Waals surface area contributed by atoms with E-state index >= 15 is 0 Å². The monoisotopic (exact) mass is 291 g/mol. The lowest BCUT2D eigenvalue weighted by atomic mass is 10.3. The third-order valence-electron chi connectivity index (χ3n) is 2.74. The lowest BCUT2D eigenvalue weighted by Gasteiger charge is -2.14. The van der Waals surface area contributed by atoms with Gasteiger partial charge in [0.2, 0.25) is 0 Å². The van der Waals surface area contributed by atoms with Gasteiger partial charge >= 0.3 is 0 Å². The molecule has 2 rings (SSSR count). The van der Waals surface area contributed by atoms with E-state index < -0.39 is 6.10 Å². The number of aromatic nitrogens is 4. The molecule has 0 fully saturated rings. The normalized spacial score (nSPS) is 11.9. The van der Waals surface area contributed by atoms with Crippen molar-refractivity contribution in [3.8, 4) is 11.4 Å². The first-order valence-electron chi connectivity index (χ1n) is 6.47. The highest BCUT2D eigenvalue weighted by atomic mass is 16.5. The minimum Gasteiger partial charge on any atom is -0.481 e. The molecule has 0 bridgehead atoms. The Balaban J connectivity index is 1.89. The molecule has 1 unspecified atom stereocenters. The van der Waals surface area contributed by atoms with Crippen molar-refractivity contribution in [2.75, 3.05) is 20.3 Å². The van der Waals surface area contributed by atoms with Crippen LogP contribution in [0.25, 0.3) is 5.69 Å². The number of hydrogen-bond acceptors (Lipinski definition) is 6. The summed E-state index contributed by atoms with van der Waals surface area (Å²) in [6.45, 7) is 2.62. The van der Waals surface area contributed by atoms with Gasteiger partial charge in [0.25, 0.3) is 5.91 Å². The molecular formula is C13H17N5O3. The maximum atomic E-state index is 11.8. The number of amides is 1. The average molecular weight is 291 g/mol. The molecule has 1 amide bonds. The second kappa shape index (κ2) is 7.34. The van der Waals surface area contributed by atoms with E-state index in [0.717, 1.165) is 5.69 Å². The Morgan fingerprint density at radius 3 is 2.76 bits per heavy atom. The van der Waals surface area contributed by atoms with E-state index in [4.69, 9.17) is 9.47 Å². The minimum absolute atomic E-state index is 0.184. The molecule has 8 heteroatoms. The predicted octanol–water partition coefficient (Wildman–Crippen LogP) is 0.192. The third-order valence-corrected chi connectivity index (χ3v) is 2.74. The summed E-state index contributed by atoms with van der Waals surface area (Å²) in [6.07, 6.45) is 0.919. The van der Waals surface area contributed by atoms with Crippen molar-refractivity contribution in [3.05, 3.63) is 30.6 Å². The van der Waals surface area contributed by atoms with E-state index in [0.29, 0.717) is 18.9 Å². The molecule has 1 aromatic heterocycles. The van der Waals surface area contributed by atoms with Crippen LogP contribution in [0.5, 0.6) is 5.75 Å². The van der Waals surface area contributed by atoms with E-state index in [-0.39, 0.29) is 5.91 Å². The number of tetrazole rings is 1. The second-order valence-corrected chi connectivity index (χ2v) is 4.29. The van der Waals surface area contributed by atoms with Crippen LogP contribution in [0.4, 0.5) is 0 Å². The zero-order valence-electron chi connectivity index (χ0n) is 11.9. The van der Waals surface area contributed by atoms with Crippen molar-refractivity contribution >= 4 is 5.91 Å². The van der Waals surface area contributed by atoms with Gasteiger partial charge in [0.1, 0.15) is 12.1 Å². The number of carbonyl (C=O) groups excluding carboxylic acids is 1. The quantitative estimate of drug-likeness (QED) is 0.732. The molecule has 21 heavy (non-hydrogen) atoms. The molecule has 1 N–H and O–H groups in total. The molecule has 8 nitrogen and oxygen atoms in total. The molecule has 0 spiro atoms. The zero-order chi connectivity index (χ0) is 15.1. The van der Waals surface area contributed by atoms with Crippen LogP contribution in [-0.2, 0) is 9.53 Å². The molecule has 1 atom stereocenters. The van der Waals surface area contributed by atoms with Gasteiger partial charge in [-0.15, -0.1) is 5.10 Å². The molecule has 0 saturated heterocycles. The van der Waals surface area contributed by atoms with Crippen LogP contribution in [0.3, 0.4) is 0 Å². The molecule has 1 heterocycles. The molecule has 0 saturated carbocycles. The van der Waals surface area contributed by atoms with Gasteiger partial charge in [-0.3, -0.25) is 4.79 Å². The molecule has 1 aromatic carbocycles. The highest BCUT2D eigenvalue weighted by molar-refractivity contribution is 5.80. The van der Waals surface area contributed by atoms with Gasteiger partial charge in [-0.2, -0.15) is 0 Å². The Morgan fingerprint density at radius 2 is 2.14 bits per heavy atom. The predicted molar refractivity (Wildman–Crippen MR) is 74.1 cm³/mol. The maximum Gasteiger partial charge on any atom is 0.260 e. The van der Waals surface area contributed by atoms with E-state index in [2.05, 4.69) is 20.8 Å². The smallest absolute Gasteiger partial charge is 0.260 e. The number of nitrogens with one attached hydrogen (secondary N) is 1. The number of carbonyl (C=O) groups is 1. The van der Waals surface area contributed by atoms with E-state index in [1.165, 1.54) is 11.0 Å². The van der Waals surface area contributed by atoms with Crippen molar-refractivity contribution in [3.63, 3.8) is 0 Å². The molecule has 0 aliphatic carbocycles. The molecule has 0 radical (unpaired) electrons. The Kier molecular flexibility index (Phi) is 5.22. The molecular weight excluding hydrogens is 274 g/mol. The topological polar surface area (TPSA) is 91.2 Å². The Morgan fingerprint density at radius 1 is 1.38 bits per heavy atom. The van der Waals surface area contributed by atoms with Gasteiger partial charge in [0.05, 0.1) is 12.3 Å². The Hall–Kier alpha value is -2.48. The van der Waals surface area contributed by atoms with Crippen LogP contribution in [0, 0.1) is 0 Å². The molecule has 2 aromatic rings. The summed E-state index contributed by atoms with van der Waals surface area (Å²) in [5.74, 6) is 0.415. The average Bonchev–Trinajstić information content (AvgIpc) is 3.02. The van der Waals surface area contributed by atoms with Crippen molar-refractivity contribution in [2.24, 2.45) is 0 Å². The van der Waals surface area contributed by atoms with Gasteiger partial charge in [-0.1, -0.05) is 0 Å². The fourth-order valence-electron chi connectivity index (χ4n) is 1.63. The van der Waals surface area contributed by atoms with Gasteiger partial charge in [-0.25, -0.2) is 4.68 Å². The Labute approximate surface area is 122 Å². The number of benzene rings is 1. The van der Waals surface area contributed by atoms with Gasteiger partial charge in [0, 0.05) is 13.7 Å². The fraction of sp³-hybridized carbons (Fsp3) is 0.385. The van der Waals surface area contributed by atoms with Gasteiger partial charge < -0.3 is 14.8 Å². The van der Waals surface area contributed by atoms with Crippen LogP contribution in [0.15, 0.2) is 30.6 Å². The Bertz CT molecular complexity index is 556. The molecule has 0 aliphatic rings. The summed E-state index contributed by atoms with van der Waals surface area (Å²) in [5, 5.41) is 13.6. The summed E-state index contributed by atoms with van der Waals surface area (Å²) >= 11 is 0. The number of ether oxygens (including phenoxy) is 2. The summed E-state index contributed by atoms with van der Waals surface area (Å²) in [7, 11) is 1.58. The summed E-state index contributed by atoms with van der Waals surface area (Å²) in [6, 6.07) is 7.13. The largest absolute Gasteiger partial charge is 0.481 e. The maximum absolute atomic E-state index is 11.8. The molecule has 112 valence electrons. The van der Waals surface area contributed by atoms with Crippen LogP contribution < -0.4 is 10.1 Å². The molecule has 0 aliphatic heterocycles. The van der Waals surface area contributed by atoms with Crippen LogP contribution in [-0.4, -0.2) is 52.5 Å². The first-order chi connectivity index (χ1) is 10.2. The SMILES string of the molecule is COCCNC(=O)C(C)Oc1ccc(-n2cnnn2)cc1. The van der Waals surface area contributed by atoms with Gasteiger partial charge in [0.15, 0.2) is 6.10 Å². The summed E-state index contributed by atoms with van der Waals surface area (Å²) < 4.78 is 12.0. The van der Waals surface area contributed by atoms with E-state index in [1.807, 2.05) is 0 Å². The minimum atomic E-state index is -0.583. The lowest BCUT2D eigenvalue weighted by Crippen LogP contribution is -2.37. The number of rotatable bonds is 7. The zero-order valence-corrected chi connectivity index (χ0v) is 11.9. The summed E-state index contributed by atoms with van der Waals surface area (Å²) in [5.41, 5.74) is 0.810. The standard InChI is InChI=1S/C13H17N5O3/c1-10(13(19)14-7-8-20-2)21-12-5-3-11(4-6-12)18-9-15-16-17-18/h3-6,9-10H,7-8H2,1-2H3,(H,14,19). The van der Waals surface area contributed by atoms with Crippen molar-refractivity contribution < 1.29 is 14.3 Å². The van der Waals surface area contributed by atoms with Crippen LogP contribution in [0.2, 0.25) is 0 Å². The first kappa shape index (κ1) is 14.9. The number of hydrogen-bond donors (Lipinski definition) is 1. The summed E-state index contributed by atoms with van der Waals surface area (Å²) in [4.78, 5) is 11.8. The van der Waals surface area contributed by atoms with E-state index in [1.54, 1.807) is 38.3 Å². The second-order valence-electron chi connectivity index (χ2n) is 4.29. The first-order valence-corrected chi connectivity index (χ1v) is 6.47. The van der Waals surface area contributed by atoms with Crippen molar-refractivity contribution in [1.29, 1.82) is 0 Å². The van der Waals surface area contributed by atoms with Crippen LogP contribution in [0.1, 0.15) is 6.92 Å².